The molecular formula is C13H15N5O2S. The van der Waals surface area contributed by atoms with Crippen molar-refractivity contribution < 1.29 is 9.59 Å². The van der Waals surface area contributed by atoms with Crippen molar-refractivity contribution in [3.05, 3.63) is 36.7 Å². The zero-order valence-corrected chi connectivity index (χ0v) is 12.0. The number of hydrogen-bond acceptors (Lipinski definition) is 5. The van der Waals surface area contributed by atoms with Crippen LogP contribution in [0, 0.1) is 0 Å². The Bertz CT molecular complexity index is 614. The Hall–Kier alpha value is -2.35. The van der Waals surface area contributed by atoms with Gasteiger partial charge in [0, 0.05) is 12.2 Å². The molecule has 0 unspecified atom stereocenters. The predicted octanol–water partition coefficient (Wildman–Crippen LogP) is 1.33. The molecule has 8 heteroatoms. The van der Waals surface area contributed by atoms with E-state index < -0.39 is 6.03 Å². The first kappa shape index (κ1) is 15.0. The van der Waals surface area contributed by atoms with Crippen LogP contribution in [0.5, 0.6) is 0 Å². The van der Waals surface area contributed by atoms with E-state index in [4.69, 9.17) is 5.73 Å². The summed E-state index contributed by atoms with van der Waals surface area (Å²) in [6.45, 7) is 0. The van der Waals surface area contributed by atoms with E-state index in [1.807, 2.05) is 35.6 Å². The maximum Gasteiger partial charge on any atom is 0.318 e. The number of nitrogens with one attached hydrogen (secondary N) is 1. The van der Waals surface area contributed by atoms with Gasteiger partial charge in [0.1, 0.15) is 6.33 Å². The number of imide groups is 1. The first-order chi connectivity index (χ1) is 10.1. The van der Waals surface area contributed by atoms with E-state index in [1.54, 1.807) is 11.0 Å². The van der Waals surface area contributed by atoms with Crippen LogP contribution in [-0.4, -0.2) is 32.5 Å². The number of thioether (sulfide) groups is 1. The van der Waals surface area contributed by atoms with E-state index in [0.29, 0.717) is 17.3 Å². The molecule has 0 aliphatic carbocycles. The Morgan fingerprint density at radius 1 is 1.29 bits per heavy atom. The lowest BCUT2D eigenvalue weighted by molar-refractivity contribution is -0.119. The number of urea groups is 1. The van der Waals surface area contributed by atoms with Crippen molar-refractivity contribution in [3.8, 4) is 5.69 Å². The van der Waals surface area contributed by atoms with Crippen LogP contribution in [0.1, 0.15) is 12.8 Å². The minimum absolute atomic E-state index is 0.245. The third-order valence-corrected chi connectivity index (χ3v) is 3.47. The Morgan fingerprint density at radius 3 is 2.76 bits per heavy atom. The summed E-state index contributed by atoms with van der Waals surface area (Å²) in [6, 6.07) is 8.86. The molecule has 0 saturated carbocycles. The summed E-state index contributed by atoms with van der Waals surface area (Å²) in [4.78, 5) is 25.9. The number of carbonyl (C=O) groups excluding carboxylic acids is 2. The number of hydrogen-bond donors (Lipinski definition) is 2. The van der Waals surface area contributed by atoms with Crippen LogP contribution in [0.2, 0.25) is 0 Å². The molecule has 0 radical (unpaired) electrons. The second kappa shape index (κ2) is 7.44. The van der Waals surface area contributed by atoms with Gasteiger partial charge in [-0.15, -0.1) is 5.10 Å². The molecule has 0 fully saturated rings. The highest BCUT2D eigenvalue weighted by Crippen LogP contribution is 2.15. The van der Waals surface area contributed by atoms with Gasteiger partial charge in [-0.05, 0) is 18.6 Å². The number of aromatic nitrogens is 3. The van der Waals surface area contributed by atoms with E-state index in [9.17, 15) is 9.59 Å². The number of carbonyl (C=O) groups is 2. The molecule has 21 heavy (non-hydrogen) atoms. The topological polar surface area (TPSA) is 103 Å². The summed E-state index contributed by atoms with van der Waals surface area (Å²) >= 11 is 1.46. The van der Waals surface area contributed by atoms with Crippen molar-refractivity contribution in [3.63, 3.8) is 0 Å². The average molecular weight is 305 g/mol. The molecule has 0 aliphatic rings. The van der Waals surface area contributed by atoms with E-state index in [-0.39, 0.29) is 12.3 Å². The number of rotatable bonds is 6. The summed E-state index contributed by atoms with van der Waals surface area (Å²) in [7, 11) is 0. The quantitative estimate of drug-likeness (QED) is 0.619. The van der Waals surface area contributed by atoms with Crippen LogP contribution >= 0.6 is 11.8 Å². The van der Waals surface area contributed by atoms with Crippen molar-refractivity contribution in [2.75, 3.05) is 5.75 Å². The highest BCUT2D eigenvalue weighted by Gasteiger charge is 2.06. The Morgan fingerprint density at radius 2 is 2.05 bits per heavy atom. The minimum atomic E-state index is -0.823. The van der Waals surface area contributed by atoms with Crippen LogP contribution < -0.4 is 11.1 Å². The van der Waals surface area contributed by atoms with E-state index in [1.165, 1.54) is 11.8 Å². The first-order valence-corrected chi connectivity index (χ1v) is 7.33. The van der Waals surface area contributed by atoms with Crippen molar-refractivity contribution in [2.24, 2.45) is 5.73 Å². The van der Waals surface area contributed by atoms with Crippen molar-refractivity contribution >= 4 is 23.7 Å². The molecule has 2 aromatic rings. The number of benzene rings is 1. The number of nitrogens with zero attached hydrogens (tertiary/aromatic N) is 3. The van der Waals surface area contributed by atoms with Crippen molar-refractivity contribution in [1.29, 1.82) is 0 Å². The second-order valence-corrected chi connectivity index (χ2v) is 5.23. The maximum atomic E-state index is 11.2. The highest BCUT2D eigenvalue weighted by molar-refractivity contribution is 7.99. The average Bonchev–Trinajstić information content (AvgIpc) is 2.93. The van der Waals surface area contributed by atoms with E-state index in [2.05, 4.69) is 10.1 Å². The standard InChI is InChI=1S/C13H15N5O2S/c14-12(20)16-11(19)7-4-8-21-13-15-9-18(17-13)10-5-2-1-3-6-10/h1-3,5-6,9H,4,7-8H2,(H3,14,16,19,20). The van der Waals surface area contributed by atoms with Gasteiger partial charge in [-0.1, -0.05) is 30.0 Å². The molecule has 0 saturated heterocycles. The third-order valence-electron chi connectivity index (χ3n) is 2.53. The summed E-state index contributed by atoms with van der Waals surface area (Å²) in [5.74, 6) is 0.316. The largest absolute Gasteiger partial charge is 0.351 e. The van der Waals surface area contributed by atoms with Crippen LogP contribution in [0.4, 0.5) is 4.79 Å². The van der Waals surface area contributed by atoms with E-state index >= 15 is 0 Å². The van der Waals surface area contributed by atoms with Crippen LogP contribution in [-0.2, 0) is 4.79 Å². The Balaban J connectivity index is 1.76. The molecule has 2 rings (SSSR count). The molecule has 0 aliphatic heterocycles. The number of para-hydroxylation sites is 1. The van der Waals surface area contributed by atoms with Gasteiger partial charge in [0.15, 0.2) is 0 Å². The van der Waals surface area contributed by atoms with Gasteiger partial charge in [0.25, 0.3) is 0 Å². The molecule has 0 atom stereocenters. The van der Waals surface area contributed by atoms with Crippen LogP contribution in [0.25, 0.3) is 5.69 Å². The SMILES string of the molecule is NC(=O)NC(=O)CCCSc1ncn(-c2ccccc2)n1. The maximum absolute atomic E-state index is 11.2. The number of primary amides is 1. The number of amides is 3. The van der Waals surface area contributed by atoms with Gasteiger partial charge in [-0.3, -0.25) is 10.1 Å². The zero-order valence-electron chi connectivity index (χ0n) is 11.2. The minimum Gasteiger partial charge on any atom is -0.351 e. The monoisotopic (exact) mass is 305 g/mol. The Kier molecular flexibility index (Phi) is 5.33. The van der Waals surface area contributed by atoms with Crippen molar-refractivity contribution in [1.82, 2.24) is 20.1 Å². The van der Waals surface area contributed by atoms with E-state index in [0.717, 1.165) is 5.69 Å². The lowest BCUT2D eigenvalue weighted by atomic mass is 10.3. The van der Waals surface area contributed by atoms with Gasteiger partial charge in [-0.2, -0.15) is 0 Å². The molecule has 1 aromatic carbocycles. The fourth-order valence-electron chi connectivity index (χ4n) is 1.62. The molecule has 0 spiro atoms. The summed E-state index contributed by atoms with van der Waals surface area (Å²) in [5, 5.41) is 7.01. The summed E-state index contributed by atoms with van der Waals surface area (Å²) < 4.78 is 1.70. The highest BCUT2D eigenvalue weighted by atomic mass is 32.2. The predicted molar refractivity (Wildman–Crippen MR) is 79.0 cm³/mol. The lowest BCUT2D eigenvalue weighted by Gasteiger charge is -2.00. The molecule has 3 amide bonds. The van der Waals surface area contributed by atoms with Gasteiger partial charge in [0.05, 0.1) is 5.69 Å². The summed E-state index contributed by atoms with van der Waals surface area (Å²) in [5.41, 5.74) is 5.79. The van der Waals surface area contributed by atoms with Crippen LogP contribution in [0.3, 0.4) is 0 Å². The molecule has 3 N–H and O–H groups in total. The van der Waals surface area contributed by atoms with Crippen LogP contribution in [0.15, 0.2) is 41.8 Å². The number of nitrogens with two attached hydrogens (primary N) is 1. The van der Waals surface area contributed by atoms with Crippen molar-refractivity contribution in [2.45, 2.75) is 18.0 Å². The smallest absolute Gasteiger partial charge is 0.318 e. The molecule has 1 heterocycles. The van der Waals surface area contributed by atoms with Gasteiger partial charge < -0.3 is 5.73 Å². The fraction of sp³-hybridized carbons (Fsp3) is 0.231. The molecule has 0 bridgehead atoms. The zero-order chi connectivity index (χ0) is 15.1. The molecular weight excluding hydrogens is 290 g/mol. The first-order valence-electron chi connectivity index (χ1n) is 6.34. The third kappa shape index (κ3) is 4.92. The molecule has 110 valence electrons. The summed E-state index contributed by atoms with van der Waals surface area (Å²) in [6.07, 6.45) is 2.51. The Labute approximate surface area is 125 Å². The van der Waals surface area contributed by atoms with Gasteiger partial charge in [0.2, 0.25) is 11.1 Å². The normalized spacial score (nSPS) is 10.3. The lowest BCUT2D eigenvalue weighted by Crippen LogP contribution is -2.34. The fourth-order valence-corrected chi connectivity index (χ4v) is 2.35. The second-order valence-electron chi connectivity index (χ2n) is 4.17. The molecule has 7 nitrogen and oxygen atoms in total. The van der Waals surface area contributed by atoms with Gasteiger partial charge in [-0.25, -0.2) is 14.5 Å². The molecule has 1 aromatic heterocycles. The van der Waals surface area contributed by atoms with Gasteiger partial charge >= 0.3 is 6.03 Å².